The number of halogens is 1. The minimum absolute atomic E-state index is 0.0371. The van der Waals surface area contributed by atoms with Crippen LogP contribution in [-0.2, 0) is 14.3 Å². The summed E-state index contributed by atoms with van der Waals surface area (Å²) in [5.41, 5.74) is 4.57. The lowest BCUT2D eigenvalue weighted by Gasteiger charge is -2.19. The molecule has 3 N–H and O–H groups in total. The van der Waals surface area contributed by atoms with Crippen molar-refractivity contribution in [1.29, 1.82) is 0 Å². The lowest BCUT2D eigenvalue weighted by atomic mass is 9.98. The molecule has 0 saturated heterocycles. The summed E-state index contributed by atoms with van der Waals surface area (Å²) in [6.45, 7) is 0.0371. The van der Waals surface area contributed by atoms with Crippen molar-refractivity contribution in [2.24, 2.45) is 0 Å². The monoisotopic (exact) mass is 494 g/mol. The summed E-state index contributed by atoms with van der Waals surface area (Å²) in [6.07, 6.45) is -1.51. The fraction of sp³-hybridized carbons (Fsp3) is 0.192. The predicted octanol–water partition coefficient (Wildman–Crippen LogP) is 4.67. The second-order valence-corrected chi connectivity index (χ2v) is 8.37. The quantitative estimate of drug-likeness (QED) is 0.419. The molecular formula is C26H23ClN2O6. The van der Waals surface area contributed by atoms with E-state index >= 15 is 0 Å². The van der Waals surface area contributed by atoms with Crippen LogP contribution < -0.4 is 15.4 Å². The number of carbonyl (C=O) groups is 3. The van der Waals surface area contributed by atoms with Crippen LogP contribution >= 0.6 is 11.6 Å². The number of hydrogen-bond donors (Lipinski definition) is 3. The Morgan fingerprint density at radius 1 is 1.00 bits per heavy atom. The van der Waals surface area contributed by atoms with Gasteiger partial charge in [0.2, 0.25) is 5.91 Å². The van der Waals surface area contributed by atoms with Gasteiger partial charge in [0.1, 0.15) is 18.4 Å². The zero-order valence-electron chi connectivity index (χ0n) is 18.8. The molecule has 0 aliphatic heterocycles. The fourth-order valence-corrected chi connectivity index (χ4v) is 4.40. The van der Waals surface area contributed by atoms with Crippen LogP contribution in [0.3, 0.4) is 0 Å². The summed E-state index contributed by atoms with van der Waals surface area (Å²) in [5, 5.41) is 14.4. The number of aliphatic carboxylic acids is 1. The topological polar surface area (TPSA) is 114 Å². The molecule has 0 saturated carbocycles. The summed E-state index contributed by atoms with van der Waals surface area (Å²) < 4.78 is 10.5. The van der Waals surface area contributed by atoms with Crippen LogP contribution in [0.5, 0.6) is 5.75 Å². The molecule has 1 aliphatic carbocycles. The summed E-state index contributed by atoms with van der Waals surface area (Å²) in [7, 11) is 1.46. The van der Waals surface area contributed by atoms with Crippen molar-refractivity contribution in [2.75, 3.05) is 19.0 Å². The van der Waals surface area contributed by atoms with E-state index in [4.69, 9.17) is 21.1 Å². The molecule has 1 aliphatic rings. The summed E-state index contributed by atoms with van der Waals surface area (Å²) in [5.74, 6) is -1.72. The van der Waals surface area contributed by atoms with E-state index in [0.717, 1.165) is 22.3 Å². The number of alkyl carbamates (subject to hydrolysis) is 1. The average molecular weight is 495 g/mol. The molecule has 8 nitrogen and oxygen atoms in total. The van der Waals surface area contributed by atoms with Gasteiger partial charge in [-0.1, -0.05) is 60.1 Å². The third-order valence-corrected chi connectivity index (χ3v) is 6.05. The maximum atomic E-state index is 12.7. The number of benzene rings is 3. The molecular weight excluding hydrogens is 472 g/mol. The summed E-state index contributed by atoms with van der Waals surface area (Å²) in [4.78, 5) is 36.6. The average Bonchev–Trinajstić information content (AvgIpc) is 3.16. The number of ether oxygens (including phenoxy) is 2. The van der Waals surface area contributed by atoms with Gasteiger partial charge >= 0.3 is 12.1 Å². The number of anilines is 1. The van der Waals surface area contributed by atoms with Gasteiger partial charge in [0.15, 0.2) is 0 Å². The lowest BCUT2D eigenvalue weighted by Crippen LogP contribution is -2.45. The van der Waals surface area contributed by atoms with Crippen LogP contribution in [0, 0.1) is 0 Å². The van der Waals surface area contributed by atoms with Crippen LogP contribution in [0.2, 0.25) is 5.02 Å². The van der Waals surface area contributed by atoms with Gasteiger partial charge in [0, 0.05) is 11.6 Å². The van der Waals surface area contributed by atoms with Crippen LogP contribution in [0.1, 0.15) is 23.5 Å². The second-order valence-electron chi connectivity index (χ2n) is 7.96. The molecule has 9 heteroatoms. The number of hydrogen-bond acceptors (Lipinski definition) is 5. The molecule has 3 aromatic rings. The van der Waals surface area contributed by atoms with E-state index in [0.29, 0.717) is 11.4 Å². The minimum atomic E-state index is -1.36. The first kappa shape index (κ1) is 24.1. The second kappa shape index (κ2) is 10.5. The number of carbonyl (C=O) groups excluding carboxylic acids is 2. The molecule has 0 fully saturated rings. The molecule has 3 aromatic carbocycles. The Morgan fingerprint density at radius 2 is 1.63 bits per heavy atom. The van der Waals surface area contributed by atoms with Crippen LogP contribution in [0.15, 0.2) is 66.7 Å². The highest BCUT2D eigenvalue weighted by Crippen LogP contribution is 2.44. The number of rotatable bonds is 8. The molecule has 0 bridgehead atoms. The SMILES string of the molecule is COc1ccc(NC(=O)C(CC(=O)O)NC(=O)OCC2c3ccccc3-c3ccccc32)cc1Cl. The van der Waals surface area contributed by atoms with Crippen molar-refractivity contribution in [2.45, 2.75) is 18.4 Å². The molecule has 0 spiro atoms. The fourth-order valence-electron chi connectivity index (χ4n) is 4.14. The number of carboxylic acids is 1. The molecule has 1 unspecified atom stereocenters. The van der Waals surface area contributed by atoms with Crippen molar-refractivity contribution in [1.82, 2.24) is 5.32 Å². The van der Waals surface area contributed by atoms with Gasteiger partial charge in [-0.05, 0) is 40.5 Å². The van der Waals surface area contributed by atoms with Crippen molar-refractivity contribution in [3.8, 4) is 16.9 Å². The van der Waals surface area contributed by atoms with Gasteiger partial charge in [-0.3, -0.25) is 9.59 Å². The molecule has 0 radical (unpaired) electrons. The maximum Gasteiger partial charge on any atom is 0.407 e. The Kier molecular flexibility index (Phi) is 7.22. The first-order valence-electron chi connectivity index (χ1n) is 10.8. The van der Waals surface area contributed by atoms with Gasteiger partial charge in [-0.2, -0.15) is 0 Å². The lowest BCUT2D eigenvalue weighted by molar-refractivity contribution is -0.139. The van der Waals surface area contributed by atoms with Gasteiger partial charge in [0.05, 0.1) is 18.6 Å². The van der Waals surface area contributed by atoms with Crippen LogP contribution in [0.4, 0.5) is 10.5 Å². The number of carboxylic acid groups (broad SMARTS) is 1. The maximum absolute atomic E-state index is 12.7. The van der Waals surface area contributed by atoms with Crippen molar-refractivity contribution in [3.05, 3.63) is 82.9 Å². The summed E-state index contributed by atoms with van der Waals surface area (Å²) in [6, 6.07) is 19.0. The van der Waals surface area contributed by atoms with Gasteiger partial charge in [-0.25, -0.2) is 4.79 Å². The van der Waals surface area contributed by atoms with E-state index in [-0.39, 0.29) is 17.5 Å². The largest absolute Gasteiger partial charge is 0.495 e. The number of nitrogens with one attached hydrogen (secondary N) is 2. The number of amides is 2. The van der Waals surface area contributed by atoms with E-state index < -0.39 is 30.4 Å². The van der Waals surface area contributed by atoms with Crippen molar-refractivity contribution >= 4 is 35.3 Å². The highest BCUT2D eigenvalue weighted by molar-refractivity contribution is 6.32. The minimum Gasteiger partial charge on any atom is -0.495 e. The smallest absolute Gasteiger partial charge is 0.407 e. The van der Waals surface area contributed by atoms with Gasteiger partial charge in [0.25, 0.3) is 0 Å². The predicted molar refractivity (Wildman–Crippen MR) is 131 cm³/mol. The normalized spacial score (nSPS) is 12.7. The van der Waals surface area contributed by atoms with Crippen molar-refractivity contribution < 1.29 is 29.0 Å². The van der Waals surface area contributed by atoms with E-state index in [1.54, 1.807) is 12.1 Å². The molecule has 35 heavy (non-hydrogen) atoms. The van der Waals surface area contributed by atoms with Gasteiger partial charge in [-0.15, -0.1) is 0 Å². The van der Waals surface area contributed by atoms with Crippen molar-refractivity contribution in [3.63, 3.8) is 0 Å². The third-order valence-electron chi connectivity index (χ3n) is 5.75. The zero-order chi connectivity index (χ0) is 24.9. The molecule has 180 valence electrons. The van der Waals surface area contributed by atoms with Gasteiger partial charge < -0.3 is 25.2 Å². The molecule has 2 amide bonds. The Bertz CT molecular complexity index is 1230. The molecule has 0 aromatic heterocycles. The Balaban J connectivity index is 1.42. The molecule has 4 rings (SSSR count). The highest BCUT2D eigenvalue weighted by Gasteiger charge is 2.30. The first-order valence-corrected chi connectivity index (χ1v) is 11.2. The molecule has 0 heterocycles. The Hall–Kier alpha value is -4.04. The molecule has 1 atom stereocenters. The standard InChI is InChI=1S/C26H23ClN2O6/c1-34-23-11-10-15(12-21(23)27)28-25(32)22(13-24(30)31)29-26(33)35-14-20-18-8-4-2-6-16(18)17-7-3-5-9-19(17)20/h2-12,20,22H,13-14H2,1H3,(H,28,32)(H,29,33)(H,30,31). The van der Waals surface area contributed by atoms with Crippen LogP contribution in [0.25, 0.3) is 11.1 Å². The zero-order valence-corrected chi connectivity index (χ0v) is 19.5. The Morgan fingerprint density at radius 3 is 2.20 bits per heavy atom. The Labute approximate surface area is 206 Å². The number of fused-ring (bicyclic) bond motifs is 3. The van der Waals surface area contributed by atoms with Crippen LogP contribution in [-0.4, -0.2) is 42.8 Å². The summed E-state index contributed by atoms with van der Waals surface area (Å²) >= 11 is 6.08. The van der Waals surface area contributed by atoms with E-state index in [9.17, 15) is 19.5 Å². The van der Waals surface area contributed by atoms with E-state index in [1.165, 1.54) is 13.2 Å². The van der Waals surface area contributed by atoms with E-state index in [1.807, 2.05) is 48.5 Å². The van der Waals surface area contributed by atoms with E-state index in [2.05, 4.69) is 10.6 Å². The third kappa shape index (κ3) is 5.38. The first-order chi connectivity index (χ1) is 16.9. The number of methoxy groups -OCH3 is 1. The highest BCUT2D eigenvalue weighted by atomic mass is 35.5.